The highest BCUT2D eigenvalue weighted by Crippen LogP contribution is 2.13. The zero-order valence-corrected chi connectivity index (χ0v) is 10.3. The van der Waals surface area contributed by atoms with Gasteiger partial charge in [0, 0.05) is 31.1 Å². The van der Waals surface area contributed by atoms with Crippen molar-refractivity contribution in [1.82, 2.24) is 4.90 Å². The van der Waals surface area contributed by atoms with Crippen LogP contribution in [0.3, 0.4) is 0 Å². The Morgan fingerprint density at radius 1 is 1.41 bits per heavy atom. The van der Waals surface area contributed by atoms with Crippen molar-refractivity contribution in [2.45, 2.75) is 32.9 Å². The van der Waals surface area contributed by atoms with E-state index in [4.69, 9.17) is 5.73 Å². The SMILES string of the molecule is CC(C)N(Cc1ccccc1F)C(=O)CCN. The van der Waals surface area contributed by atoms with Crippen molar-refractivity contribution in [1.29, 1.82) is 0 Å². The maximum Gasteiger partial charge on any atom is 0.224 e. The molecule has 0 radical (unpaired) electrons. The number of carbonyl (C=O) groups is 1. The molecule has 94 valence electrons. The van der Waals surface area contributed by atoms with Crippen LogP contribution in [-0.4, -0.2) is 23.4 Å². The highest BCUT2D eigenvalue weighted by molar-refractivity contribution is 5.76. The van der Waals surface area contributed by atoms with Crippen LogP contribution >= 0.6 is 0 Å². The van der Waals surface area contributed by atoms with Gasteiger partial charge in [0.05, 0.1) is 0 Å². The summed E-state index contributed by atoms with van der Waals surface area (Å²) < 4.78 is 13.5. The predicted molar refractivity (Wildman–Crippen MR) is 65.8 cm³/mol. The highest BCUT2D eigenvalue weighted by Gasteiger charge is 2.17. The van der Waals surface area contributed by atoms with E-state index in [1.807, 2.05) is 13.8 Å². The van der Waals surface area contributed by atoms with E-state index in [1.165, 1.54) is 6.07 Å². The largest absolute Gasteiger partial charge is 0.336 e. The minimum atomic E-state index is -0.279. The fourth-order valence-electron chi connectivity index (χ4n) is 1.64. The average molecular weight is 238 g/mol. The normalized spacial score (nSPS) is 10.6. The number of halogens is 1. The van der Waals surface area contributed by atoms with Gasteiger partial charge >= 0.3 is 0 Å². The molecule has 1 aromatic carbocycles. The third-order valence-electron chi connectivity index (χ3n) is 2.60. The average Bonchev–Trinajstić information content (AvgIpc) is 2.27. The minimum absolute atomic E-state index is 0.0358. The third kappa shape index (κ3) is 3.82. The molecule has 0 aromatic heterocycles. The summed E-state index contributed by atoms with van der Waals surface area (Å²) >= 11 is 0. The smallest absolute Gasteiger partial charge is 0.224 e. The molecule has 0 saturated heterocycles. The molecule has 0 unspecified atom stereocenters. The second-order valence-corrected chi connectivity index (χ2v) is 4.25. The van der Waals surface area contributed by atoms with Crippen LogP contribution in [0.2, 0.25) is 0 Å². The summed E-state index contributed by atoms with van der Waals surface area (Å²) in [5, 5.41) is 0. The first-order chi connectivity index (χ1) is 8.06. The van der Waals surface area contributed by atoms with Gasteiger partial charge in [-0.2, -0.15) is 0 Å². The highest BCUT2D eigenvalue weighted by atomic mass is 19.1. The molecule has 0 bridgehead atoms. The Balaban J connectivity index is 2.81. The number of hydrogen-bond donors (Lipinski definition) is 1. The van der Waals surface area contributed by atoms with Gasteiger partial charge in [0.25, 0.3) is 0 Å². The first-order valence-corrected chi connectivity index (χ1v) is 5.79. The van der Waals surface area contributed by atoms with Gasteiger partial charge in [-0.1, -0.05) is 18.2 Å². The lowest BCUT2D eigenvalue weighted by Crippen LogP contribution is -2.37. The van der Waals surface area contributed by atoms with Gasteiger partial charge in [0.15, 0.2) is 0 Å². The van der Waals surface area contributed by atoms with Crippen LogP contribution in [0.1, 0.15) is 25.8 Å². The molecule has 0 aliphatic rings. The molecule has 17 heavy (non-hydrogen) atoms. The lowest BCUT2D eigenvalue weighted by Gasteiger charge is -2.27. The molecule has 0 heterocycles. The van der Waals surface area contributed by atoms with Gasteiger partial charge in [0.2, 0.25) is 5.91 Å². The van der Waals surface area contributed by atoms with Crippen molar-refractivity contribution in [3.8, 4) is 0 Å². The number of amides is 1. The Labute approximate surface area is 101 Å². The van der Waals surface area contributed by atoms with E-state index in [0.29, 0.717) is 25.1 Å². The van der Waals surface area contributed by atoms with Crippen molar-refractivity contribution in [3.63, 3.8) is 0 Å². The first-order valence-electron chi connectivity index (χ1n) is 5.79. The van der Waals surface area contributed by atoms with E-state index in [2.05, 4.69) is 0 Å². The molecule has 0 aliphatic carbocycles. The summed E-state index contributed by atoms with van der Waals surface area (Å²) in [6, 6.07) is 6.54. The Hall–Kier alpha value is -1.42. The number of carbonyl (C=O) groups excluding carboxylic acids is 1. The summed E-state index contributed by atoms with van der Waals surface area (Å²) in [5.74, 6) is -0.315. The number of nitrogens with zero attached hydrogens (tertiary/aromatic N) is 1. The number of hydrogen-bond acceptors (Lipinski definition) is 2. The van der Waals surface area contributed by atoms with Crippen LogP contribution < -0.4 is 5.73 Å². The van der Waals surface area contributed by atoms with Gasteiger partial charge in [-0.15, -0.1) is 0 Å². The lowest BCUT2D eigenvalue weighted by atomic mass is 10.1. The Bertz CT molecular complexity index is 379. The molecule has 1 aromatic rings. The predicted octanol–water partition coefficient (Wildman–Crippen LogP) is 1.91. The molecule has 0 saturated carbocycles. The molecule has 0 fully saturated rings. The van der Waals surface area contributed by atoms with E-state index in [-0.39, 0.29) is 17.8 Å². The Morgan fingerprint density at radius 2 is 2.06 bits per heavy atom. The molecule has 0 spiro atoms. The van der Waals surface area contributed by atoms with E-state index in [0.717, 1.165) is 0 Å². The Kier molecular flexibility index (Phi) is 5.10. The van der Waals surface area contributed by atoms with Crippen molar-refractivity contribution < 1.29 is 9.18 Å². The quantitative estimate of drug-likeness (QED) is 0.851. The van der Waals surface area contributed by atoms with Gasteiger partial charge in [-0.3, -0.25) is 4.79 Å². The molecule has 2 N–H and O–H groups in total. The maximum atomic E-state index is 13.5. The summed E-state index contributed by atoms with van der Waals surface area (Å²) in [6.07, 6.45) is 0.298. The Morgan fingerprint density at radius 3 is 2.59 bits per heavy atom. The van der Waals surface area contributed by atoms with Crippen LogP contribution in [0.15, 0.2) is 24.3 Å². The fraction of sp³-hybridized carbons (Fsp3) is 0.462. The monoisotopic (exact) mass is 238 g/mol. The standard InChI is InChI=1S/C13H19FN2O/c1-10(2)16(13(17)7-8-15)9-11-5-3-4-6-12(11)14/h3-6,10H,7-9,15H2,1-2H3. The number of rotatable bonds is 5. The van der Waals surface area contributed by atoms with E-state index >= 15 is 0 Å². The third-order valence-corrected chi connectivity index (χ3v) is 2.60. The van der Waals surface area contributed by atoms with Crippen molar-refractivity contribution in [3.05, 3.63) is 35.6 Å². The number of nitrogens with two attached hydrogens (primary N) is 1. The first kappa shape index (κ1) is 13.6. The van der Waals surface area contributed by atoms with Crippen LogP contribution in [0, 0.1) is 5.82 Å². The molecule has 1 rings (SSSR count). The molecule has 0 atom stereocenters. The van der Waals surface area contributed by atoms with Crippen molar-refractivity contribution in [2.75, 3.05) is 6.54 Å². The molecule has 4 heteroatoms. The van der Waals surface area contributed by atoms with Crippen LogP contribution in [-0.2, 0) is 11.3 Å². The van der Waals surface area contributed by atoms with Gasteiger partial charge in [0.1, 0.15) is 5.82 Å². The second-order valence-electron chi connectivity index (χ2n) is 4.25. The second kappa shape index (κ2) is 6.35. The van der Waals surface area contributed by atoms with E-state index in [1.54, 1.807) is 23.1 Å². The molecule has 3 nitrogen and oxygen atoms in total. The maximum absolute atomic E-state index is 13.5. The van der Waals surface area contributed by atoms with Gasteiger partial charge < -0.3 is 10.6 Å². The van der Waals surface area contributed by atoms with E-state index in [9.17, 15) is 9.18 Å². The summed E-state index contributed by atoms with van der Waals surface area (Å²) in [4.78, 5) is 13.5. The van der Waals surface area contributed by atoms with Crippen molar-refractivity contribution >= 4 is 5.91 Å². The number of benzene rings is 1. The fourth-order valence-corrected chi connectivity index (χ4v) is 1.64. The zero-order chi connectivity index (χ0) is 12.8. The van der Waals surface area contributed by atoms with E-state index < -0.39 is 0 Å². The topological polar surface area (TPSA) is 46.3 Å². The molecular weight excluding hydrogens is 219 g/mol. The molecular formula is C13H19FN2O. The van der Waals surface area contributed by atoms with Crippen LogP contribution in [0.4, 0.5) is 4.39 Å². The molecule has 0 aliphatic heterocycles. The molecule has 1 amide bonds. The lowest BCUT2D eigenvalue weighted by molar-refractivity contribution is -0.133. The minimum Gasteiger partial charge on any atom is -0.336 e. The van der Waals surface area contributed by atoms with Crippen LogP contribution in [0.25, 0.3) is 0 Å². The summed E-state index contributed by atoms with van der Waals surface area (Å²) in [5.41, 5.74) is 5.90. The van der Waals surface area contributed by atoms with Crippen molar-refractivity contribution in [2.24, 2.45) is 5.73 Å². The van der Waals surface area contributed by atoms with Crippen LogP contribution in [0.5, 0.6) is 0 Å². The summed E-state index contributed by atoms with van der Waals surface area (Å²) in [7, 11) is 0. The van der Waals surface area contributed by atoms with Gasteiger partial charge in [-0.05, 0) is 19.9 Å². The zero-order valence-electron chi connectivity index (χ0n) is 10.3. The summed E-state index contributed by atoms with van der Waals surface area (Å²) in [6.45, 7) is 4.44. The van der Waals surface area contributed by atoms with Gasteiger partial charge in [-0.25, -0.2) is 4.39 Å².